The van der Waals surface area contributed by atoms with Gasteiger partial charge in [0.15, 0.2) is 5.69 Å². The Kier molecular flexibility index (Phi) is 4.80. The fourth-order valence-electron chi connectivity index (χ4n) is 1.73. The Balaban J connectivity index is 2.26. The van der Waals surface area contributed by atoms with E-state index in [1.54, 1.807) is 23.1 Å². The van der Waals surface area contributed by atoms with Crippen molar-refractivity contribution in [2.75, 3.05) is 14.2 Å². The van der Waals surface area contributed by atoms with E-state index in [1.807, 2.05) is 5.38 Å². The molecule has 20 heavy (non-hydrogen) atoms. The Morgan fingerprint density at radius 1 is 1.45 bits per heavy atom. The molecule has 0 aliphatic heterocycles. The van der Waals surface area contributed by atoms with Crippen LogP contribution in [-0.4, -0.2) is 40.2 Å². The monoisotopic (exact) mass is 296 g/mol. The molecule has 0 aromatic carbocycles. The van der Waals surface area contributed by atoms with Gasteiger partial charge in [-0.15, -0.1) is 16.4 Å². The summed E-state index contributed by atoms with van der Waals surface area (Å²) in [6.07, 6.45) is 0.903. The molecule has 0 unspecified atom stereocenters. The topological polar surface area (TPSA) is 79.1 Å². The molecule has 108 valence electrons. The maximum absolute atomic E-state index is 11.6. The van der Waals surface area contributed by atoms with Crippen LogP contribution < -0.4 is 0 Å². The number of nitrogens with zero attached hydrogens (tertiary/aromatic N) is 4. The summed E-state index contributed by atoms with van der Waals surface area (Å²) in [4.78, 5) is 16.1. The van der Waals surface area contributed by atoms with Crippen molar-refractivity contribution in [2.45, 2.75) is 26.5 Å². The standard InChI is InChI=1S/C12H16N4O3S/c1-4-10-13-8(7-20-10)5-16-9(6-18-2)11(14-15-16)12(17)19-3/h7H,4-6H2,1-3H3. The molecule has 2 aromatic heterocycles. The van der Waals surface area contributed by atoms with Crippen LogP contribution in [-0.2, 0) is 29.0 Å². The van der Waals surface area contributed by atoms with E-state index in [2.05, 4.69) is 27.0 Å². The Bertz CT molecular complexity index is 593. The van der Waals surface area contributed by atoms with Crippen LogP contribution >= 0.6 is 11.3 Å². The molecule has 8 heteroatoms. The summed E-state index contributed by atoms with van der Waals surface area (Å²) in [5, 5.41) is 10.9. The third-order valence-electron chi connectivity index (χ3n) is 2.71. The number of hydrogen-bond donors (Lipinski definition) is 0. The first-order valence-electron chi connectivity index (χ1n) is 6.12. The van der Waals surface area contributed by atoms with Crippen LogP contribution in [0.4, 0.5) is 0 Å². The van der Waals surface area contributed by atoms with Crippen molar-refractivity contribution < 1.29 is 14.3 Å². The van der Waals surface area contributed by atoms with Crippen LogP contribution in [0, 0.1) is 0 Å². The lowest BCUT2D eigenvalue weighted by Gasteiger charge is -2.05. The van der Waals surface area contributed by atoms with Crippen LogP contribution in [0.25, 0.3) is 0 Å². The summed E-state index contributed by atoms with van der Waals surface area (Å²) >= 11 is 1.61. The molecule has 0 saturated carbocycles. The van der Waals surface area contributed by atoms with Gasteiger partial charge in [0.05, 0.1) is 36.7 Å². The number of rotatable bonds is 6. The van der Waals surface area contributed by atoms with Crippen molar-refractivity contribution in [1.82, 2.24) is 20.0 Å². The molecule has 0 aliphatic rings. The largest absolute Gasteiger partial charge is 0.464 e. The summed E-state index contributed by atoms with van der Waals surface area (Å²) in [5.41, 5.74) is 1.66. The molecule has 0 radical (unpaired) electrons. The minimum Gasteiger partial charge on any atom is -0.464 e. The molecule has 2 heterocycles. The minimum atomic E-state index is -0.518. The van der Waals surface area contributed by atoms with E-state index in [0.717, 1.165) is 17.1 Å². The van der Waals surface area contributed by atoms with Crippen LogP contribution in [0.5, 0.6) is 0 Å². The Hall–Kier alpha value is -1.80. The Morgan fingerprint density at radius 3 is 2.85 bits per heavy atom. The van der Waals surface area contributed by atoms with Gasteiger partial charge in [-0.3, -0.25) is 0 Å². The number of thiazole rings is 1. The smallest absolute Gasteiger partial charge is 0.360 e. The summed E-state index contributed by atoms with van der Waals surface area (Å²) in [6.45, 7) is 2.76. The van der Waals surface area contributed by atoms with E-state index in [0.29, 0.717) is 12.2 Å². The third kappa shape index (κ3) is 3.02. The maximum Gasteiger partial charge on any atom is 0.360 e. The molecule has 2 rings (SSSR count). The summed E-state index contributed by atoms with van der Waals surface area (Å²) in [5.74, 6) is -0.518. The first kappa shape index (κ1) is 14.6. The zero-order valence-electron chi connectivity index (χ0n) is 11.6. The number of hydrogen-bond acceptors (Lipinski definition) is 7. The minimum absolute atomic E-state index is 0.181. The average molecular weight is 296 g/mol. The summed E-state index contributed by atoms with van der Waals surface area (Å²) in [6, 6.07) is 0. The van der Waals surface area contributed by atoms with Gasteiger partial charge in [-0.2, -0.15) is 0 Å². The van der Waals surface area contributed by atoms with E-state index in [4.69, 9.17) is 4.74 Å². The predicted octanol–water partition coefficient (Wildman–Crippen LogP) is 1.28. The zero-order valence-corrected chi connectivity index (χ0v) is 12.4. The number of esters is 1. The number of methoxy groups -OCH3 is 2. The highest BCUT2D eigenvalue weighted by molar-refractivity contribution is 7.09. The van der Waals surface area contributed by atoms with Gasteiger partial charge in [0.1, 0.15) is 0 Å². The van der Waals surface area contributed by atoms with Gasteiger partial charge in [0, 0.05) is 12.5 Å². The van der Waals surface area contributed by atoms with Gasteiger partial charge in [-0.25, -0.2) is 14.5 Å². The highest BCUT2D eigenvalue weighted by atomic mass is 32.1. The lowest BCUT2D eigenvalue weighted by molar-refractivity contribution is 0.0588. The van der Waals surface area contributed by atoms with Gasteiger partial charge < -0.3 is 9.47 Å². The fourth-order valence-corrected chi connectivity index (χ4v) is 2.47. The number of carbonyl (C=O) groups is 1. The SMILES string of the molecule is CCc1nc(Cn2nnc(C(=O)OC)c2COC)cs1. The molecule has 0 fully saturated rings. The van der Waals surface area contributed by atoms with Gasteiger partial charge in [-0.1, -0.05) is 12.1 Å². The molecule has 7 nitrogen and oxygen atoms in total. The Labute approximate surface area is 120 Å². The zero-order chi connectivity index (χ0) is 14.5. The van der Waals surface area contributed by atoms with Gasteiger partial charge in [0.2, 0.25) is 0 Å². The lowest BCUT2D eigenvalue weighted by Crippen LogP contribution is -2.11. The van der Waals surface area contributed by atoms with Crippen molar-refractivity contribution >= 4 is 17.3 Å². The molecule has 0 spiro atoms. The van der Waals surface area contributed by atoms with Crippen molar-refractivity contribution in [2.24, 2.45) is 0 Å². The second kappa shape index (κ2) is 6.58. The van der Waals surface area contributed by atoms with Crippen LogP contribution in [0.15, 0.2) is 5.38 Å². The van der Waals surface area contributed by atoms with Gasteiger partial charge >= 0.3 is 5.97 Å². The third-order valence-corrected chi connectivity index (χ3v) is 3.75. The quantitative estimate of drug-likeness (QED) is 0.747. The van der Waals surface area contributed by atoms with E-state index in [1.165, 1.54) is 7.11 Å². The first-order valence-corrected chi connectivity index (χ1v) is 7.00. The van der Waals surface area contributed by atoms with Crippen molar-refractivity contribution in [1.29, 1.82) is 0 Å². The fraction of sp³-hybridized carbons (Fsp3) is 0.500. The van der Waals surface area contributed by atoms with E-state index in [9.17, 15) is 4.79 Å². The molecular formula is C12H16N4O3S. The van der Waals surface area contributed by atoms with Crippen molar-refractivity contribution in [3.8, 4) is 0 Å². The molecule has 0 atom stereocenters. The number of carbonyl (C=O) groups excluding carboxylic acids is 1. The normalized spacial score (nSPS) is 10.8. The van der Waals surface area contributed by atoms with Gasteiger partial charge in [0.25, 0.3) is 0 Å². The van der Waals surface area contributed by atoms with Gasteiger partial charge in [-0.05, 0) is 6.42 Å². The van der Waals surface area contributed by atoms with E-state index < -0.39 is 5.97 Å². The summed E-state index contributed by atoms with van der Waals surface area (Å²) in [7, 11) is 2.86. The summed E-state index contributed by atoms with van der Waals surface area (Å²) < 4.78 is 11.4. The molecule has 0 amide bonds. The number of aromatic nitrogens is 4. The highest BCUT2D eigenvalue weighted by Crippen LogP contribution is 2.14. The molecule has 0 saturated heterocycles. The first-order chi connectivity index (χ1) is 9.69. The van der Waals surface area contributed by atoms with Crippen molar-refractivity contribution in [3.63, 3.8) is 0 Å². The van der Waals surface area contributed by atoms with Crippen LogP contribution in [0.3, 0.4) is 0 Å². The molecule has 0 N–H and O–H groups in total. The Morgan fingerprint density at radius 2 is 2.25 bits per heavy atom. The molecule has 0 aliphatic carbocycles. The van der Waals surface area contributed by atoms with E-state index in [-0.39, 0.29) is 12.3 Å². The van der Waals surface area contributed by atoms with Crippen LogP contribution in [0.1, 0.15) is 33.8 Å². The average Bonchev–Trinajstić information content (AvgIpc) is 3.07. The number of aryl methyl sites for hydroxylation is 1. The lowest BCUT2D eigenvalue weighted by atomic mass is 10.3. The second-order valence-corrected chi connectivity index (χ2v) is 5.00. The molecular weight excluding hydrogens is 280 g/mol. The number of ether oxygens (including phenoxy) is 2. The maximum atomic E-state index is 11.6. The molecule has 0 bridgehead atoms. The van der Waals surface area contributed by atoms with Crippen LogP contribution in [0.2, 0.25) is 0 Å². The second-order valence-electron chi connectivity index (χ2n) is 4.05. The van der Waals surface area contributed by atoms with Crippen molar-refractivity contribution in [3.05, 3.63) is 27.5 Å². The highest BCUT2D eigenvalue weighted by Gasteiger charge is 2.20. The molecule has 2 aromatic rings. The van der Waals surface area contributed by atoms with E-state index >= 15 is 0 Å². The predicted molar refractivity (Wildman–Crippen MR) is 72.7 cm³/mol.